The van der Waals surface area contributed by atoms with Crippen molar-refractivity contribution in [3.8, 4) is 0 Å². The molecule has 0 amide bonds. The zero-order valence-electron chi connectivity index (χ0n) is 8.90. The standard InChI is InChI=1S/C8H18N2O2.2ClH.H2O/c1-2-12-8(11)7(10)5-3-4-6-9;;;/h7H,2-6,9-10H2,1H3;2*1H;1H2/t7-;;;/m0.../s1. The highest BCUT2D eigenvalue weighted by Crippen LogP contribution is 1.99. The second-order valence-electron chi connectivity index (χ2n) is 2.64. The van der Waals surface area contributed by atoms with Crippen molar-refractivity contribution in [2.24, 2.45) is 11.5 Å². The SMILES string of the molecule is CCOC(=O)[C@@H](N)CCCCN.Cl.Cl.O. The normalized spacial score (nSPS) is 10.1. The fraction of sp³-hybridized carbons (Fsp3) is 0.875. The van der Waals surface area contributed by atoms with Gasteiger partial charge in [0.1, 0.15) is 6.04 Å². The summed E-state index contributed by atoms with van der Waals surface area (Å²) in [6, 6.07) is -0.475. The van der Waals surface area contributed by atoms with Crippen LogP contribution >= 0.6 is 24.8 Å². The molecule has 1 atom stereocenters. The lowest BCUT2D eigenvalue weighted by Gasteiger charge is -2.09. The largest absolute Gasteiger partial charge is 0.465 e. The van der Waals surface area contributed by atoms with E-state index in [1.54, 1.807) is 6.92 Å². The van der Waals surface area contributed by atoms with Crippen molar-refractivity contribution >= 4 is 30.8 Å². The molecule has 0 aliphatic rings. The van der Waals surface area contributed by atoms with Gasteiger partial charge in [0.15, 0.2) is 0 Å². The quantitative estimate of drug-likeness (QED) is 0.521. The highest BCUT2D eigenvalue weighted by Gasteiger charge is 2.12. The van der Waals surface area contributed by atoms with Gasteiger partial charge < -0.3 is 21.7 Å². The number of nitrogens with two attached hydrogens (primary N) is 2. The third-order valence-electron chi connectivity index (χ3n) is 1.56. The van der Waals surface area contributed by atoms with Gasteiger partial charge in [-0.15, -0.1) is 24.8 Å². The van der Waals surface area contributed by atoms with Crippen molar-refractivity contribution in [2.75, 3.05) is 13.2 Å². The lowest BCUT2D eigenvalue weighted by atomic mass is 10.1. The molecule has 0 heterocycles. The van der Waals surface area contributed by atoms with E-state index in [2.05, 4.69) is 0 Å². The minimum atomic E-state index is -0.475. The molecule has 0 bridgehead atoms. The van der Waals surface area contributed by atoms with E-state index in [0.717, 1.165) is 12.8 Å². The predicted molar refractivity (Wildman–Crippen MR) is 65.6 cm³/mol. The smallest absolute Gasteiger partial charge is 0.322 e. The van der Waals surface area contributed by atoms with Crippen LogP contribution in [0.1, 0.15) is 26.2 Å². The van der Waals surface area contributed by atoms with E-state index in [9.17, 15) is 4.79 Å². The number of ether oxygens (including phenoxy) is 1. The van der Waals surface area contributed by atoms with Crippen LogP contribution in [0.2, 0.25) is 0 Å². The van der Waals surface area contributed by atoms with E-state index in [-0.39, 0.29) is 36.3 Å². The van der Waals surface area contributed by atoms with Crippen LogP contribution < -0.4 is 11.5 Å². The van der Waals surface area contributed by atoms with E-state index in [0.29, 0.717) is 19.6 Å². The third kappa shape index (κ3) is 13.9. The summed E-state index contributed by atoms with van der Waals surface area (Å²) in [5, 5.41) is 0. The van der Waals surface area contributed by atoms with Crippen molar-refractivity contribution in [2.45, 2.75) is 32.2 Å². The van der Waals surface area contributed by atoms with Crippen molar-refractivity contribution in [3.05, 3.63) is 0 Å². The monoisotopic (exact) mass is 264 g/mol. The Kier molecular flexibility index (Phi) is 26.5. The van der Waals surface area contributed by atoms with Crippen LogP contribution in [0.25, 0.3) is 0 Å². The number of hydrogen-bond donors (Lipinski definition) is 2. The van der Waals surface area contributed by atoms with Gasteiger partial charge in [0.25, 0.3) is 0 Å². The minimum absolute atomic E-state index is 0. The minimum Gasteiger partial charge on any atom is -0.465 e. The van der Waals surface area contributed by atoms with Gasteiger partial charge in [0.05, 0.1) is 6.61 Å². The van der Waals surface area contributed by atoms with Crippen LogP contribution in [0.5, 0.6) is 0 Å². The molecule has 0 rings (SSSR count). The number of halogens is 2. The van der Waals surface area contributed by atoms with Gasteiger partial charge in [0, 0.05) is 0 Å². The number of esters is 1. The van der Waals surface area contributed by atoms with Gasteiger partial charge in [-0.2, -0.15) is 0 Å². The zero-order chi connectivity index (χ0) is 9.40. The summed E-state index contributed by atoms with van der Waals surface area (Å²) in [6.07, 6.45) is 2.46. The van der Waals surface area contributed by atoms with E-state index in [4.69, 9.17) is 16.2 Å². The van der Waals surface area contributed by atoms with Crippen LogP contribution in [-0.2, 0) is 9.53 Å². The first-order valence-electron chi connectivity index (χ1n) is 4.34. The first-order chi connectivity index (χ1) is 5.72. The molecular formula is C8H22Cl2N2O3. The summed E-state index contributed by atoms with van der Waals surface area (Å²) in [4.78, 5) is 11.0. The third-order valence-corrected chi connectivity index (χ3v) is 1.56. The fourth-order valence-corrected chi connectivity index (χ4v) is 0.876. The Balaban J connectivity index is -0.000000202. The van der Waals surface area contributed by atoms with Crippen molar-refractivity contribution in [3.63, 3.8) is 0 Å². The lowest BCUT2D eigenvalue weighted by molar-refractivity contribution is -0.144. The summed E-state index contributed by atoms with van der Waals surface area (Å²) in [5.41, 5.74) is 10.8. The molecule has 0 aromatic rings. The van der Waals surface area contributed by atoms with Crippen molar-refractivity contribution in [1.29, 1.82) is 0 Å². The van der Waals surface area contributed by atoms with Crippen molar-refractivity contribution in [1.82, 2.24) is 0 Å². The first kappa shape index (κ1) is 24.3. The number of carbonyl (C=O) groups excluding carboxylic acids is 1. The Morgan fingerprint density at radius 2 is 1.87 bits per heavy atom. The second-order valence-corrected chi connectivity index (χ2v) is 2.64. The molecule has 0 aromatic heterocycles. The number of carbonyl (C=O) groups is 1. The first-order valence-corrected chi connectivity index (χ1v) is 4.34. The molecule has 0 aromatic carbocycles. The summed E-state index contributed by atoms with van der Waals surface area (Å²) < 4.78 is 4.74. The molecule has 15 heavy (non-hydrogen) atoms. The van der Waals surface area contributed by atoms with E-state index >= 15 is 0 Å². The van der Waals surface area contributed by atoms with Gasteiger partial charge in [-0.3, -0.25) is 4.79 Å². The van der Waals surface area contributed by atoms with Crippen LogP contribution in [0.3, 0.4) is 0 Å². The van der Waals surface area contributed by atoms with Crippen LogP contribution in [0.15, 0.2) is 0 Å². The predicted octanol–water partition coefficient (Wildman–Crippen LogP) is 0.0247. The molecular weight excluding hydrogens is 243 g/mol. The summed E-state index contributed by atoms with van der Waals surface area (Å²) in [6.45, 7) is 2.81. The maximum atomic E-state index is 11.0. The average molecular weight is 265 g/mol. The van der Waals surface area contributed by atoms with E-state index in [1.807, 2.05) is 0 Å². The van der Waals surface area contributed by atoms with Gasteiger partial charge in [0.2, 0.25) is 0 Å². The topological polar surface area (TPSA) is 110 Å². The molecule has 0 radical (unpaired) electrons. The molecule has 0 fully saturated rings. The van der Waals surface area contributed by atoms with Gasteiger partial charge >= 0.3 is 5.97 Å². The summed E-state index contributed by atoms with van der Waals surface area (Å²) >= 11 is 0. The van der Waals surface area contributed by atoms with E-state index < -0.39 is 6.04 Å². The van der Waals surface area contributed by atoms with Gasteiger partial charge in [-0.25, -0.2) is 0 Å². The van der Waals surface area contributed by atoms with E-state index in [1.165, 1.54) is 0 Å². The number of hydrogen-bond acceptors (Lipinski definition) is 4. The Morgan fingerprint density at radius 3 is 2.27 bits per heavy atom. The van der Waals surface area contributed by atoms with Crippen LogP contribution in [-0.4, -0.2) is 30.6 Å². The summed E-state index contributed by atoms with van der Waals surface area (Å²) in [7, 11) is 0. The molecule has 0 saturated carbocycles. The Morgan fingerprint density at radius 1 is 1.33 bits per heavy atom. The zero-order valence-corrected chi connectivity index (χ0v) is 10.5. The molecule has 0 unspecified atom stereocenters. The summed E-state index contributed by atoms with van der Waals surface area (Å²) in [5.74, 6) is -0.311. The molecule has 6 N–H and O–H groups in total. The van der Waals surface area contributed by atoms with Crippen LogP contribution in [0, 0.1) is 0 Å². The average Bonchev–Trinajstić information content (AvgIpc) is 2.05. The molecule has 0 spiro atoms. The second kappa shape index (κ2) is 16.4. The molecule has 5 nitrogen and oxygen atoms in total. The lowest BCUT2D eigenvalue weighted by Crippen LogP contribution is -2.32. The number of rotatable bonds is 6. The molecule has 0 saturated heterocycles. The number of unbranched alkanes of at least 4 members (excludes halogenated alkanes) is 1. The maximum absolute atomic E-state index is 11.0. The molecule has 0 aliphatic carbocycles. The Labute approximate surface area is 103 Å². The molecule has 0 aliphatic heterocycles. The molecule has 7 heteroatoms. The Hall–Kier alpha value is -0.0700. The van der Waals surface area contributed by atoms with Gasteiger partial charge in [-0.05, 0) is 26.3 Å². The van der Waals surface area contributed by atoms with Crippen LogP contribution in [0.4, 0.5) is 0 Å². The fourth-order valence-electron chi connectivity index (χ4n) is 0.876. The maximum Gasteiger partial charge on any atom is 0.322 e. The van der Waals surface area contributed by atoms with Gasteiger partial charge in [-0.1, -0.05) is 6.42 Å². The Bertz CT molecular complexity index is 139. The van der Waals surface area contributed by atoms with Crippen molar-refractivity contribution < 1.29 is 15.0 Å². The highest BCUT2D eigenvalue weighted by atomic mass is 35.5. The highest BCUT2D eigenvalue weighted by molar-refractivity contribution is 5.85. The molecule has 96 valence electrons.